The molecule has 19 heavy (non-hydrogen) atoms. The zero-order chi connectivity index (χ0) is 13.7. The molecule has 0 spiro atoms. The van der Waals surface area contributed by atoms with Crippen LogP contribution in [0.3, 0.4) is 0 Å². The fraction of sp³-hybridized carbons (Fsp3) is 0.333. The van der Waals surface area contributed by atoms with Crippen molar-refractivity contribution in [2.75, 3.05) is 7.11 Å². The minimum Gasteiger partial charge on any atom is -0.479 e. The summed E-state index contributed by atoms with van der Waals surface area (Å²) in [7, 11) is 1.61. The van der Waals surface area contributed by atoms with Crippen molar-refractivity contribution in [3.8, 4) is 17.1 Å². The molecule has 1 heterocycles. The monoisotopic (exact) mass is 257 g/mol. The topological polar surface area (TPSA) is 47.0 Å². The summed E-state index contributed by atoms with van der Waals surface area (Å²) in [6.07, 6.45) is 3.31. The van der Waals surface area contributed by atoms with E-state index in [0.717, 1.165) is 17.8 Å². The lowest BCUT2D eigenvalue weighted by Gasteiger charge is -2.10. The van der Waals surface area contributed by atoms with Crippen LogP contribution >= 0.6 is 0 Å². The van der Waals surface area contributed by atoms with Gasteiger partial charge in [-0.05, 0) is 11.6 Å². The SMILES string of the molecule is COc1nccnc1-c1cccc(CNC(C)C)c1. The molecule has 0 atom stereocenters. The number of benzene rings is 1. The highest BCUT2D eigenvalue weighted by atomic mass is 16.5. The first-order valence-electron chi connectivity index (χ1n) is 6.38. The van der Waals surface area contributed by atoms with E-state index >= 15 is 0 Å². The molecule has 1 N–H and O–H groups in total. The van der Waals surface area contributed by atoms with Gasteiger partial charge in [0.25, 0.3) is 0 Å². The number of methoxy groups -OCH3 is 1. The van der Waals surface area contributed by atoms with Crippen LogP contribution in [0.4, 0.5) is 0 Å². The van der Waals surface area contributed by atoms with E-state index in [1.807, 2.05) is 12.1 Å². The first-order chi connectivity index (χ1) is 9.20. The van der Waals surface area contributed by atoms with Crippen LogP contribution in [0, 0.1) is 0 Å². The number of hydrogen-bond donors (Lipinski definition) is 1. The summed E-state index contributed by atoms with van der Waals surface area (Å²) >= 11 is 0. The van der Waals surface area contributed by atoms with Crippen molar-refractivity contribution in [1.82, 2.24) is 15.3 Å². The van der Waals surface area contributed by atoms with Gasteiger partial charge in [0, 0.05) is 30.5 Å². The predicted molar refractivity (Wildman–Crippen MR) is 76.0 cm³/mol. The first kappa shape index (κ1) is 13.5. The fourth-order valence-corrected chi connectivity index (χ4v) is 1.82. The van der Waals surface area contributed by atoms with Gasteiger partial charge >= 0.3 is 0 Å². The number of hydrogen-bond acceptors (Lipinski definition) is 4. The molecule has 0 radical (unpaired) electrons. The van der Waals surface area contributed by atoms with Crippen molar-refractivity contribution >= 4 is 0 Å². The van der Waals surface area contributed by atoms with Crippen LogP contribution in [-0.2, 0) is 6.54 Å². The Labute approximate surface area is 113 Å². The second kappa shape index (κ2) is 6.29. The molecule has 2 rings (SSSR count). The molecular formula is C15H19N3O. The van der Waals surface area contributed by atoms with E-state index in [4.69, 9.17) is 4.74 Å². The molecule has 4 heteroatoms. The molecule has 0 amide bonds. The molecule has 1 aromatic heterocycles. The van der Waals surface area contributed by atoms with Gasteiger partial charge in [0.1, 0.15) is 5.69 Å². The Balaban J connectivity index is 2.27. The van der Waals surface area contributed by atoms with Crippen molar-refractivity contribution in [1.29, 1.82) is 0 Å². The van der Waals surface area contributed by atoms with E-state index in [-0.39, 0.29) is 0 Å². The third kappa shape index (κ3) is 3.51. The quantitative estimate of drug-likeness (QED) is 0.894. The molecule has 2 aromatic rings. The molecular weight excluding hydrogens is 238 g/mol. The lowest BCUT2D eigenvalue weighted by molar-refractivity contribution is 0.398. The fourth-order valence-electron chi connectivity index (χ4n) is 1.82. The Hall–Kier alpha value is -1.94. The van der Waals surface area contributed by atoms with Gasteiger partial charge in [-0.15, -0.1) is 0 Å². The average molecular weight is 257 g/mol. The Morgan fingerprint density at radius 3 is 2.74 bits per heavy atom. The van der Waals surface area contributed by atoms with Gasteiger partial charge in [0.2, 0.25) is 5.88 Å². The zero-order valence-electron chi connectivity index (χ0n) is 11.6. The number of ether oxygens (including phenoxy) is 1. The van der Waals surface area contributed by atoms with Gasteiger partial charge in [-0.1, -0.05) is 32.0 Å². The predicted octanol–water partition coefficient (Wildman–Crippen LogP) is 2.65. The first-order valence-corrected chi connectivity index (χ1v) is 6.38. The molecule has 0 fully saturated rings. The molecule has 0 aliphatic carbocycles. The van der Waals surface area contributed by atoms with Crippen molar-refractivity contribution < 1.29 is 4.74 Å². The van der Waals surface area contributed by atoms with E-state index in [0.29, 0.717) is 11.9 Å². The van der Waals surface area contributed by atoms with Crippen LogP contribution < -0.4 is 10.1 Å². The van der Waals surface area contributed by atoms with Crippen LogP contribution in [0.15, 0.2) is 36.7 Å². The maximum absolute atomic E-state index is 5.25. The number of aromatic nitrogens is 2. The summed E-state index contributed by atoms with van der Waals surface area (Å²) in [6.45, 7) is 5.11. The lowest BCUT2D eigenvalue weighted by Crippen LogP contribution is -2.21. The van der Waals surface area contributed by atoms with Crippen LogP contribution in [0.5, 0.6) is 5.88 Å². The molecule has 0 aliphatic heterocycles. The van der Waals surface area contributed by atoms with Crippen LogP contribution in [-0.4, -0.2) is 23.1 Å². The maximum atomic E-state index is 5.25. The number of nitrogens with zero attached hydrogens (tertiary/aromatic N) is 2. The molecule has 0 unspecified atom stereocenters. The van der Waals surface area contributed by atoms with Crippen molar-refractivity contribution in [3.63, 3.8) is 0 Å². The summed E-state index contributed by atoms with van der Waals surface area (Å²) in [5.74, 6) is 0.552. The Kier molecular flexibility index (Phi) is 4.47. The Bertz CT molecular complexity index is 540. The zero-order valence-corrected chi connectivity index (χ0v) is 11.6. The van der Waals surface area contributed by atoms with E-state index in [9.17, 15) is 0 Å². The highest BCUT2D eigenvalue weighted by Crippen LogP contribution is 2.25. The summed E-state index contributed by atoms with van der Waals surface area (Å²) in [4.78, 5) is 8.53. The van der Waals surface area contributed by atoms with Crippen molar-refractivity contribution in [2.45, 2.75) is 26.4 Å². The molecule has 4 nitrogen and oxygen atoms in total. The lowest BCUT2D eigenvalue weighted by atomic mass is 10.1. The van der Waals surface area contributed by atoms with E-state index < -0.39 is 0 Å². The Morgan fingerprint density at radius 2 is 2.00 bits per heavy atom. The third-order valence-corrected chi connectivity index (χ3v) is 2.77. The van der Waals surface area contributed by atoms with Gasteiger partial charge in [0.15, 0.2) is 0 Å². The Morgan fingerprint density at radius 1 is 1.21 bits per heavy atom. The summed E-state index contributed by atoms with van der Waals surface area (Å²) in [5, 5.41) is 3.40. The van der Waals surface area contributed by atoms with Crippen LogP contribution in [0.1, 0.15) is 19.4 Å². The van der Waals surface area contributed by atoms with Crippen molar-refractivity contribution in [2.24, 2.45) is 0 Å². The van der Waals surface area contributed by atoms with Crippen molar-refractivity contribution in [3.05, 3.63) is 42.2 Å². The summed E-state index contributed by atoms with van der Waals surface area (Å²) in [6, 6.07) is 8.73. The van der Waals surface area contributed by atoms with Gasteiger partial charge in [-0.3, -0.25) is 0 Å². The molecule has 0 aliphatic rings. The van der Waals surface area contributed by atoms with Crippen LogP contribution in [0.25, 0.3) is 11.3 Å². The molecule has 1 aromatic carbocycles. The summed E-state index contributed by atoms with van der Waals surface area (Å²) < 4.78 is 5.25. The maximum Gasteiger partial charge on any atom is 0.240 e. The van der Waals surface area contributed by atoms with Crippen LogP contribution in [0.2, 0.25) is 0 Å². The standard InChI is InChI=1S/C15H19N3O/c1-11(2)18-10-12-5-4-6-13(9-12)14-15(19-3)17-8-7-16-14/h4-9,11,18H,10H2,1-3H3. The minimum absolute atomic E-state index is 0.467. The van der Waals surface area contributed by atoms with Gasteiger partial charge < -0.3 is 10.1 Å². The largest absolute Gasteiger partial charge is 0.479 e. The van der Waals surface area contributed by atoms with Gasteiger partial charge in [-0.25, -0.2) is 9.97 Å². The van der Waals surface area contributed by atoms with Gasteiger partial charge in [0.05, 0.1) is 7.11 Å². The van der Waals surface area contributed by atoms with E-state index in [2.05, 4.69) is 41.3 Å². The highest BCUT2D eigenvalue weighted by Gasteiger charge is 2.08. The average Bonchev–Trinajstić information content (AvgIpc) is 2.45. The molecule has 0 saturated carbocycles. The second-order valence-corrected chi connectivity index (χ2v) is 4.65. The molecule has 0 bridgehead atoms. The van der Waals surface area contributed by atoms with Gasteiger partial charge in [-0.2, -0.15) is 0 Å². The smallest absolute Gasteiger partial charge is 0.240 e. The van der Waals surface area contributed by atoms with E-state index in [1.54, 1.807) is 19.5 Å². The normalized spacial score (nSPS) is 10.7. The third-order valence-electron chi connectivity index (χ3n) is 2.77. The molecule has 0 saturated heterocycles. The van der Waals surface area contributed by atoms with E-state index in [1.165, 1.54) is 5.56 Å². The summed E-state index contributed by atoms with van der Waals surface area (Å²) in [5.41, 5.74) is 3.02. The highest BCUT2D eigenvalue weighted by molar-refractivity contribution is 5.64. The second-order valence-electron chi connectivity index (χ2n) is 4.65. The number of rotatable bonds is 5. The molecule has 100 valence electrons. The minimum atomic E-state index is 0.467. The number of nitrogens with one attached hydrogen (secondary N) is 1.